The van der Waals surface area contributed by atoms with Crippen LogP contribution in [0.5, 0.6) is 0 Å². The van der Waals surface area contributed by atoms with Crippen LogP contribution in [0, 0.1) is 6.92 Å². The molecule has 3 rings (SSSR count). The van der Waals surface area contributed by atoms with Gasteiger partial charge < -0.3 is 9.80 Å². The Balaban J connectivity index is 1.80. The van der Waals surface area contributed by atoms with Crippen LogP contribution >= 0.6 is 0 Å². The van der Waals surface area contributed by atoms with Crippen LogP contribution in [0.15, 0.2) is 30.7 Å². The Morgan fingerprint density at radius 3 is 2.91 bits per heavy atom. The maximum Gasteiger partial charge on any atom is 0.257 e. The number of anilines is 1. The van der Waals surface area contributed by atoms with Crippen LogP contribution in [0.3, 0.4) is 0 Å². The molecule has 23 heavy (non-hydrogen) atoms. The molecule has 0 N–H and O–H groups in total. The van der Waals surface area contributed by atoms with Crippen molar-refractivity contribution in [1.29, 1.82) is 0 Å². The summed E-state index contributed by atoms with van der Waals surface area (Å²) in [5, 5.41) is 4.41. The normalized spacial score (nSPS) is 18.0. The Labute approximate surface area is 136 Å². The number of carbonyl (C=O) groups is 1. The van der Waals surface area contributed by atoms with E-state index in [2.05, 4.69) is 10.1 Å². The van der Waals surface area contributed by atoms with E-state index in [1.165, 1.54) is 0 Å². The molecule has 0 bridgehead atoms. The van der Waals surface area contributed by atoms with Gasteiger partial charge in [0, 0.05) is 39.6 Å². The Kier molecular flexibility index (Phi) is 4.32. The molecule has 6 nitrogen and oxygen atoms in total. The molecule has 1 amide bonds. The van der Waals surface area contributed by atoms with Gasteiger partial charge in [0.05, 0.1) is 17.8 Å². The van der Waals surface area contributed by atoms with Crippen LogP contribution in [0.25, 0.3) is 0 Å². The second-order valence-corrected chi connectivity index (χ2v) is 6.31. The number of amides is 1. The first kappa shape index (κ1) is 15.5. The van der Waals surface area contributed by atoms with Crippen molar-refractivity contribution in [3.05, 3.63) is 41.9 Å². The quantitative estimate of drug-likeness (QED) is 0.871. The Bertz CT molecular complexity index is 694. The number of pyridine rings is 1. The third-order valence-corrected chi connectivity index (χ3v) is 4.23. The summed E-state index contributed by atoms with van der Waals surface area (Å²) in [7, 11) is 3.81. The van der Waals surface area contributed by atoms with Gasteiger partial charge in [-0.05, 0) is 37.5 Å². The summed E-state index contributed by atoms with van der Waals surface area (Å²) in [6.45, 7) is 3.52. The van der Waals surface area contributed by atoms with Gasteiger partial charge in [0.15, 0.2) is 0 Å². The third kappa shape index (κ3) is 3.21. The van der Waals surface area contributed by atoms with Crippen molar-refractivity contribution in [2.24, 2.45) is 0 Å². The van der Waals surface area contributed by atoms with Crippen molar-refractivity contribution in [1.82, 2.24) is 19.7 Å². The minimum Gasteiger partial charge on any atom is -0.362 e. The fourth-order valence-corrected chi connectivity index (χ4v) is 3.08. The maximum absolute atomic E-state index is 12.9. The predicted octanol–water partition coefficient (Wildman–Crippen LogP) is 2.13. The number of likely N-dealkylation sites (tertiary alicyclic amines) is 1. The van der Waals surface area contributed by atoms with Gasteiger partial charge in [-0.1, -0.05) is 0 Å². The average Bonchev–Trinajstić information content (AvgIpc) is 3.01. The molecule has 2 aromatic rings. The van der Waals surface area contributed by atoms with E-state index in [-0.39, 0.29) is 11.9 Å². The van der Waals surface area contributed by atoms with Gasteiger partial charge >= 0.3 is 0 Å². The van der Waals surface area contributed by atoms with E-state index in [4.69, 9.17) is 0 Å². The molecule has 0 aromatic carbocycles. The summed E-state index contributed by atoms with van der Waals surface area (Å²) in [6, 6.07) is 3.92. The second kappa shape index (κ2) is 6.40. The first-order valence-electron chi connectivity index (χ1n) is 7.98. The monoisotopic (exact) mass is 313 g/mol. The number of hydrogen-bond donors (Lipinski definition) is 0. The van der Waals surface area contributed by atoms with Crippen molar-refractivity contribution in [2.45, 2.75) is 25.8 Å². The van der Waals surface area contributed by atoms with Crippen LogP contribution in [-0.4, -0.2) is 52.8 Å². The third-order valence-electron chi connectivity index (χ3n) is 4.23. The Morgan fingerprint density at radius 1 is 1.39 bits per heavy atom. The molecule has 0 saturated carbocycles. The van der Waals surface area contributed by atoms with E-state index in [0.717, 1.165) is 30.8 Å². The summed E-state index contributed by atoms with van der Waals surface area (Å²) >= 11 is 0. The molecular formula is C17H23N5O. The Hall–Kier alpha value is -2.37. The van der Waals surface area contributed by atoms with Crippen molar-refractivity contribution in [3.8, 4) is 0 Å². The lowest BCUT2D eigenvalue weighted by Crippen LogP contribution is -2.41. The molecule has 122 valence electrons. The van der Waals surface area contributed by atoms with Crippen LogP contribution in [0.1, 0.15) is 34.8 Å². The van der Waals surface area contributed by atoms with E-state index in [0.29, 0.717) is 12.1 Å². The van der Waals surface area contributed by atoms with Crippen LogP contribution in [-0.2, 0) is 0 Å². The van der Waals surface area contributed by atoms with E-state index in [9.17, 15) is 4.79 Å². The first-order chi connectivity index (χ1) is 11.1. The molecule has 1 aliphatic rings. The van der Waals surface area contributed by atoms with Gasteiger partial charge in [-0.3, -0.25) is 9.48 Å². The lowest BCUT2D eigenvalue weighted by molar-refractivity contribution is 0.0673. The lowest BCUT2D eigenvalue weighted by atomic mass is 10.0. The van der Waals surface area contributed by atoms with Crippen molar-refractivity contribution < 1.29 is 4.79 Å². The number of piperidine rings is 1. The number of rotatable bonds is 3. The van der Waals surface area contributed by atoms with E-state index >= 15 is 0 Å². The minimum atomic E-state index is 0.0513. The lowest BCUT2D eigenvalue weighted by Gasteiger charge is -2.33. The zero-order chi connectivity index (χ0) is 16.4. The average molecular weight is 313 g/mol. The van der Waals surface area contributed by atoms with Gasteiger partial charge in [0.1, 0.15) is 5.82 Å². The van der Waals surface area contributed by atoms with E-state index in [1.807, 2.05) is 60.0 Å². The highest BCUT2D eigenvalue weighted by atomic mass is 16.2. The highest BCUT2D eigenvalue weighted by Crippen LogP contribution is 2.24. The number of aryl methyl sites for hydroxylation is 1. The molecule has 3 heterocycles. The fraction of sp³-hybridized carbons (Fsp3) is 0.471. The topological polar surface area (TPSA) is 54.3 Å². The molecule has 1 atom stereocenters. The number of aromatic nitrogens is 3. The maximum atomic E-state index is 12.9. The van der Waals surface area contributed by atoms with Gasteiger partial charge in [-0.25, -0.2) is 4.98 Å². The molecular weight excluding hydrogens is 290 g/mol. The molecule has 2 aromatic heterocycles. The van der Waals surface area contributed by atoms with Gasteiger partial charge in [-0.2, -0.15) is 5.10 Å². The molecule has 6 heteroatoms. The van der Waals surface area contributed by atoms with Crippen molar-refractivity contribution in [2.75, 3.05) is 32.1 Å². The molecule has 0 radical (unpaired) electrons. The minimum absolute atomic E-state index is 0.0513. The SMILES string of the molecule is Cc1cnn([C@@H]2CCCN(C(=O)c3cccnc3N(C)C)C2)c1. The zero-order valence-corrected chi connectivity index (χ0v) is 13.9. The standard InChI is InChI=1S/C17H23N5O/c1-13-10-19-22(11-13)14-6-5-9-21(12-14)17(23)15-7-4-8-18-16(15)20(2)3/h4,7-8,10-11,14H,5-6,9,12H2,1-3H3/t14-/m1/s1. The summed E-state index contributed by atoms with van der Waals surface area (Å²) in [6.07, 6.45) is 7.68. The molecule has 1 aliphatic heterocycles. The molecule has 0 unspecified atom stereocenters. The summed E-state index contributed by atoms with van der Waals surface area (Å²) in [5.74, 6) is 0.768. The molecule has 1 fully saturated rings. The summed E-state index contributed by atoms with van der Waals surface area (Å²) < 4.78 is 1.99. The highest BCUT2D eigenvalue weighted by molar-refractivity contribution is 5.98. The number of nitrogens with zero attached hydrogens (tertiary/aromatic N) is 5. The number of carbonyl (C=O) groups excluding carboxylic acids is 1. The Morgan fingerprint density at radius 2 is 2.22 bits per heavy atom. The summed E-state index contributed by atoms with van der Waals surface area (Å²) in [4.78, 5) is 21.1. The fourth-order valence-electron chi connectivity index (χ4n) is 3.08. The van der Waals surface area contributed by atoms with Crippen molar-refractivity contribution >= 4 is 11.7 Å². The molecule has 1 saturated heterocycles. The van der Waals surface area contributed by atoms with Crippen LogP contribution in [0.4, 0.5) is 5.82 Å². The molecule has 0 aliphatic carbocycles. The van der Waals surface area contributed by atoms with Gasteiger partial charge in [-0.15, -0.1) is 0 Å². The van der Waals surface area contributed by atoms with Gasteiger partial charge in [0.25, 0.3) is 5.91 Å². The van der Waals surface area contributed by atoms with E-state index < -0.39 is 0 Å². The highest BCUT2D eigenvalue weighted by Gasteiger charge is 2.27. The largest absolute Gasteiger partial charge is 0.362 e. The first-order valence-corrected chi connectivity index (χ1v) is 7.98. The summed E-state index contributed by atoms with van der Waals surface area (Å²) in [5.41, 5.74) is 1.81. The molecule has 0 spiro atoms. The second-order valence-electron chi connectivity index (χ2n) is 6.31. The predicted molar refractivity (Wildman–Crippen MR) is 89.7 cm³/mol. The van der Waals surface area contributed by atoms with Crippen LogP contribution in [0.2, 0.25) is 0 Å². The zero-order valence-electron chi connectivity index (χ0n) is 13.9. The number of hydrogen-bond acceptors (Lipinski definition) is 4. The van der Waals surface area contributed by atoms with E-state index in [1.54, 1.807) is 6.20 Å². The van der Waals surface area contributed by atoms with Gasteiger partial charge in [0.2, 0.25) is 0 Å². The van der Waals surface area contributed by atoms with Crippen molar-refractivity contribution in [3.63, 3.8) is 0 Å². The van der Waals surface area contributed by atoms with Crippen LogP contribution < -0.4 is 4.90 Å². The smallest absolute Gasteiger partial charge is 0.257 e.